The number of hydrogen-bond acceptors (Lipinski definition) is 11. The highest BCUT2D eigenvalue weighted by Gasteiger charge is 2.37. The molecule has 12 aromatic rings. The van der Waals surface area contributed by atoms with Gasteiger partial charge in [0.1, 0.15) is 23.9 Å². The van der Waals surface area contributed by atoms with Crippen molar-refractivity contribution in [1.82, 2.24) is 19.7 Å². The Morgan fingerprint density at radius 1 is 0.598 bits per heavy atom. The highest BCUT2D eigenvalue weighted by molar-refractivity contribution is 6.42. The molecule has 0 amide bonds. The average Bonchev–Trinajstić information content (AvgIpc) is 1.68. The van der Waals surface area contributed by atoms with Crippen LogP contribution in [-0.4, -0.2) is 48.7 Å². The number of rotatable bonds is 10. The van der Waals surface area contributed by atoms with Crippen LogP contribution in [0.5, 0.6) is 11.6 Å². The van der Waals surface area contributed by atoms with Crippen molar-refractivity contribution < 1.29 is 50.7 Å². The maximum absolute atomic E-state index is 13.4. The van der Waals surface area contributed by atoms with Gasteiger partial charge in [-0.15, -0.1) is 0 Å². The standard InChI is InChI=1S/C22H16O2.C21H21NO3.C20H12O2.C18H12F4N4/c1-2-14-11-12-15(17-8-4-3-7-16(14)17)13-20-21(23)18-9-5-6-10-19(18)22(20)24;1-21(2,3)16-7-9-17(10-8-16)25-20-11-6-15(14-22-20)13-18(23)19-5-4-12-24-19;21-19-16-10-3-4-11-17(16)20(22)18(19)12-14-8-5-7-13-6-1-2-9-15(13)14;19-12-7-5-11(6-8-12)15-9-16(26-17(25-15)23-10-24-26)13-3-1-2-4-14(13)18(20,21)22/h3-13H,2H2,1H3;4-12,14H,13H2,1-3H3;1-12H;1-10,16H,(H,23,24,25). The number of benzene rings is 9. The number of fused-ring (bicyclic) bond motifs is 5. The molecule has 0 radical (unpaired) electrons. The number of hydrogen-bond donors (Lipinski definition) is 1. The molecule has 1 N–H and O–H groups in total. The van der Waals surface area contributed by atoms with Crippen LogP contribution in [0.25, 0.3) is 39.4 Å². The third-order valence-corrected chi connectivity index (χ3v) is 16.7. The van der Waals surface area contributed by atoms with Gasteiger partial charge >= 0.3 is 6.18 Å². The monoisotopic (exact) mass is 1290 g/mol. The second-order valence-electron chi connectivity index (χ2n) is 24.0. The molecular formula is C81H61F4N5O7. The Labute approximate surface area is 556 Å². The Hall–Kier alpha value is -12.0. The highest BCUT2D eigenvalue weighted by atomic mass is 19.4. The van der Waals surface area contributed by atoms with Crippen molar-refractivity contribution in [3.63, 3.8) is 0 Å². The first kappa shape index (κ1) is 65.0. The molecule has 0 saturated carbocycles. The van der Waals surface area contributed by atoms with Gasteiger partial charge in [-0.2, -0.15) is 23.3 Å². The Balaban J connectivity index is 0.000000124. The Morgan fingerprint density at radius 2 is 1.18 bits per heavy atom. The molecule has 1 aliphatic heterocycles. The van der Waals surface area contributed by atoms with Crippen LogP contribution in [0.4, 0.5) is 23.5 Å². The van der Waals surface area contributed by atoms with Gasteiger partial charge in [0, 0.05) is 46.6 Å². The van der Waals surface area contributed by atoms with E-state index in [-0.39, 0.29) is 57.5 Å². The number of nitrogens with zero attached hydrogens (tertiary/aromatic N) is 4. The average molecular weight is 1290 g/mol. The summed E-state index contributed by atoms with van der Waals surface area (Å²) in [5.74, 6) is 0.705. The summed E-state index contributed by atoms with van der Waals surface area (Å²) >= 11 is 0. The molecule has 97 heavy (non-hydrogen) atoms. The molecule has 1 unspecified atom stereocenters. The number of ketones is 5. The summed E-state index contributed by atoms with van der Waals surface area (Å²) in [7, 11) is 0. The molecule has 4 heterocycles. The maximum Gasteiger partial charge on any atom is 0.416 e. The number of halogens is 4. The second kappa shape index (κ2) is 27.9. The lowest BCUT2D eigenvalue weighted by atomic mass is 9.87. The van der Waals surface area contributed by atoms with E-state index in [1.165, 1.54) is 58.1 Å². The van der Waals surface area contributed by atoms with Crippen molar-refractivity contribution in [3.05, 3.63) is 339 Å². The minimum atomic E-state index is -4.49. The first-order valence-corrected chi connectivity index (χ1v) is 31.2. The SMILES string of the molecule is CC(C)(C)c1ccc(Oc2ccc(CC(=O)c3ccco3)cn2)cc1.CCc1ccc(C=C2C(=O)c3ccccc3C2=O)c2ccccc12.Fc1ccc(C2=CC(c3ccccc3C(F)(F)F)n3ncnc3N2)cc1.O=C1C(=Cc2cccc3ccccc23)C(=O)c2ccccc21. The summed E-state index contributed by atoms with van der Waals surface area (Å²) in [5, 5.41) is 11.4. The number of furan rings is 1. The normalized spacial score (nSPS) is 13.8. The van der Waals surface area contributed by atoms with E-state index in [2.05, 4.69) is 72.3 Å². The largest absolute Gasteiger partial charge is 0.461 e. The van der Waals surface area contributed by atoms with Crippen LogP contribution in [-0.2, 0) is 24.4 Å². The topological polar surface area (TPSA) is 163 Å². The van der Waals surface area contributed by atoms with Gasteiger partial charge in [0.2, 0.25) is 17.6 Å². The molecule has 0 fully saturated rings. The summed E-state index contributed by atoms with van der Waals surface area (Å²) in [4.78, 5) is 70.4. The quantitative estimate of drug-likeness (QED) is 0.0600. The van der Waals surface area contributed by atoms with Gasteiger partial charge < -0.3 is 14.5 Å². The number of ether oxygens (including phenoxy) is 1. The van der Waals surface area contributed by atoms with E-state index in [4.69, 9.17) is 9.15 Å². The van der Waals surface area contributed by atoms with E-state index in [1.807, 2.05) is 84.9 Å². The van der Waals surface area contributed by atoms with E-state index in [0.717, 1.165) is 51.1 Å². The number of carbonyl (C=O) groups excluding carboxylic acids is 5. The van der Waals surface area contributed by atoms with Crippen LogP contribution >= 0.6 is 0 Å². The Bertz CT molecular complexity index is 5000. The molecule has 9 aromatic carbocycles. The zero-order valence-corrected chi connectivity index (χ0v) is 53.0. The molecule has 12 nitrogen and oxygen atoms in total. The van der Waals surface area contributed by atoms with Crippen molar-refractivity contribution in [3.8, 4) is 11.6 Å². The number of aryl methyl sites for hydroxylation is 1. The third kappa shape index (κ3) is 14.2. The summed E-state index contributed by atoms with van der Waals surface area (Å²) in [6.45, 7) is 8.65. The van der Waals surface area contributed by atoms with E-state index < -0.39 is 23.6 Å². The summed E-state index contributed by atoms with van der Waals surface area (Å²) in [5.41, 5.74) is 8.25. The van der Waals surface area contributed by atoms with Gasteiger partial charge in [-0.1, -0.05) is 191 Å². The summed E-state index contributed by atoms with van der Waals surface area (Å²) in [6, 6.07) is 65.2. The number of allylic oxidation sites excluding steroid dienone is 3. The minimum Gasteiger partial charge on any atom is -0.461 e. The van der Waals surface area contributed by atoms with Crippen LogP contribution in [0, 0.1) is 5.82 Å². The van der Waals surface area contributed by atoms with Crippen LogP contribution in [0.3, 0.4) is 0 Å². The maximum atomic E-state index is 13.4. The van der Waals surface area contributed by atoms with Gasteiger partial charge in [0.05, 0.1) is 23.0 Å². The van der Waals surface area contributed by atoms with Crippen molar-refractivity contribution >= 4 is 74.3 Å². The fourth-order valence-corrected chi connectivity index (χ4v) is 11.7. The van der Waals surface area contributed by atoms with Gasteiger partial charge in [-0.05, 0) is 145 Å². The lowest BCUT2D eigenvalue weighted by Gasteiger charge is -2.26. The second-order valence-corrected chi connectivity index (χ2v) is 24.0. The van der Waals surface area contributed by atoms with Gasteiger partial charge in [-0.3, -0.25) is 24.0 Å². The molecule has 0 spiro atoms. The third-order valence-electron chi connectivity index (χ3n) is 16.7. The van der Waals surface area contributed by atoms with Gasteiger partial charge in [0.15, 0.2) is 28.9 Å². The molecule has 0 saturated heterocycles. The molecular weight excluding hydrogens is 1230 g/mol. The van der Waals surface area contributed by atoms with Crippen molar-refractivity contribution in [2.45, 2.75) is 58.2 Å². The molecule has 0 bridgehead atoms. The molecule has 15 rings (SSSR count). The predicted octanol–water partition coefficient (Wildman–Crippen LogP) is 18.8. The number of anilines is 1. The first-order chi connectivity index (χ1) is 46.8. The molecule has 1 atom stereocenters. The number of Topliss-reactive ketones (excluding diaryl/α,β-unsaturated/α-hetero) is 5. The number of nitrogens with one attached hydrogen (secondary N) is 1. The molecule has 2 aliphatic carbocycles. The fourth-order valence-electron chi connectivity index (χ4n) is 11.7. The highest BCUT2D eigenvalue weighted by Crippen LogP contribution is 2.40. The number of carbonyl (C=O) groups is 5. The number of aromatic nitrogens is 4. The van der Waals surface area contributed by atoms with Crippen LogP contribution in [0.2, 0.25) is 0 Å². The smallest absolute Gasteiger partial charge is 0.416 e. The van der Waals surface area contributed by atoms with Crippen LogP contribution in [0.1, 0.15) is 130 Å². The van der Waals surface area contributed by atoms with E-state index in [9.17, 15) is 41.5 Å². The zero-order valence-electron chi connectivity index (χ0n) is 53.0. The fraction of sp³-hybridized carbons (Fsp3) is 0.111. The Morgan fingerprint density at radius 3 is 1.76 bits per heavy atom. The minimum absolute atomic E-state index is 0.0628. The van der Waals surface area contributed by atoms with Crippen molar-refractivity contribution in [1.29, 1.82) is 0 Å². The molecule has 480 valence electrons. The van der Waals surface area contributed by atoms with E-state index >= 15 is 0 Å². The van der Waals surface area contributed by atoms with Crippen LogP contribution in [0.15, 0.2) is 265 Å². The van der Waals surface area contributed by atoms with Gasteiger partial charge in [0.25, 0.3) is 0 Å². The predicted molar refractivity (Wildman–Crippen MR) is 367 cm³/mol. The summed E-state index contributed by atoms with van der Waals surface area (Å²) < 4.78 is 65.8. The summed E-state index contributed by atoms with van der Waals surface area (Å²) in [6.07, 6.45) is 6.20. The molecule has 3 aliphatic rings. The van der Waals surface area contributed by atoms with E-state index in [0.29, 0.717) is 51.1 Å². The van der Waals surface area contributed by atoms with E-state index in [1.54, 1.807) is 109 Å². The first-order valence-electron chi connectivity index (χ1n) is 31.2. The lowest BCUT2D eigenvalue weighted by molar-refractivity contribution is -0.138. The van der Waals surface area contributed by atoms with Crippen LogP contribution < -0.4 is 10.1 Å². The molecule has 3 aromatic heterocycles. The molecule has 16 heteroatoms. The van der Waals surface area contributed by atoms with Gasteiger partial charge in [-0.25, -0.2) is 14.1 Å². The number of pyridine rings is 1. The Kier molecular flexibility index (Phi) is 18.7. The van der Waals surface area contributed by atoms with Crippen molar-refractivity contribution in [2.75, 3.05) is 5.32 Å². The zero-order chi connectivity index (χ0) is 68.0. The van der Waals surface area contributed by atoms with Crippen molar-refractivity contribution in [2.24, 2.45) is 0 Å². The number of alkyl halides is 3. The lowest BCUT2D eigenvalue weighted by Crippen LogP contribution is -2.22.